The van der Waals surface area contributed by atoms with Crippen molar-refractivity contribution >= 4 is 45.7 Å². The van der Waals surface area contributed by atoms with Crippen molar-refractivity contribution in [2.75, 3.05) is 18.4 Å². The number of furan rings is 1. The highest BCUT2D eigenvalue weighted by Gasteiger charge is 2.22. The molecular weight excluding hydrogens is 487 g/mol. The molecule has 0 aromatic carbocycles. The Morgan fingerprint density at radius 1 is 1.35 bits per heavy atom. The molecule has 3 N–H and O–H groups in total. The van der Waals surface area contributed by atoms with Crippen molar-refractivity contribution in [1.82, 2.24) is 20.0 Å². The molecule has 0 aliphatic heterocycles. The molecule has 0 amide bonds. The van der Waals surface area contributed by atoms with Crippen LogP contribution in [0.3, 0.4) is 0 Å². The van der Waals surface area contributed by atoms with Gasteiger partial charge in [0.15, 0.2) is 5.69 Å². The van der Waals surface area contributed by atoms with Gasteiger partial charge in [-0.05, 0) is 32.3 Å². The first-order valence-corrected chi connectivity index (χ1v) is 7.04. The molecule has 23 heavy (non-hydrogen) atoms. The fourth-order valence-corrected chi connectivity index (χ4v) is 2.16. The lowest BCUT2D eigenvalue weighted by molar-refractivity contribution is 0.309. The number of nitrogens with two attached hydrogens (primary N) is 1. The topological polar surface area (TPSA) is 138 Å². The van der Waals surface area contributed by atoms with Crippen LogP contribution < -0.4 is 16.8 Å². The van der Waals surface area contributed by atoms with Crippen LogP contribution in [-0.2, 0) is 6.54 Å². The van der Waals surface area contributed by atoms with Crippen molar-refractivity contribution in [3.05, 3.63) is 33.1 Å². The second-order valence-corrected chi connectivity index (χ2v) is 5.18. The molecule has 3 aromatic rings. The van der Waals surface area contributed by atoms with E-state index in [0.29, 0.717) is 24.7 Å². The van der Waals surface area contributed by atoms with Gasteiger partial charge in [0.05, 0.1) is 11.0 Å². The van der Waals surface area contributed by atoms with E-state index in [4.69, 9.17) is 14.7 Å². The number of nitrogens with one attached hydrogen (secondary N) is 1. The van der Waals surface area contributed by atoms with Gasteiger partial charge in [-0.25, -0.2) is 14.0 Å². The molecule has 0 radical (unpaired) electrons. The minimum Gasteiger partial charge on any atom is -0.466 e. The maximum absolute atomic E-state index is 11.8. The first-order valence-electron chi connectivity index (χ1n) is 6.25. The molecule has 3 rings (SSSR count). The highest BCUT2D eigenvalue weighted by molar-refractivity contribution is 14.0. The predicted molar refractivity (Wildman–Crippen MR) is 92.5 cm³/mol. The van der Waals surface area contributed by atoms with Gasteiger partial charge in [-0.1, -0.05) is 5.16 Å². The Morgan fingerprint density at radius 3 is 2.87 bits per heavy atom. The van der Waals surface area contributed by atoms with Gasteiger partial charge in [0.25, 0.3) is 0 Å². The Kier molecular flexibility index (Phi) is 5.95. The summed E-state index contributed by atoms with van der Waals surface area (Å²) in [5.41, 5.74) is 5.68. The number of aromatic nitrogens is 4. The molecule has 0 unspecified atom stereocenters. The summed E-state index contributed by atoms with van der Waals surface area (Å²) in [6.07, 6.45) is 1.51. The zero-order valence-electron chi connectivity index (χ0n) is 11.6. The maximum Gasteiger partial charge on any atom is 0.442 e. The number of rotatable bonds is 6. The number of hydrogen-bond acceptors (Lipinski definition) is 9. The lowest BCUT2D eigenvalue weighted by Gasteiger charge is -2.02. The van der Waals surface area contributed by atoms with Gasteiger partial charge in [0.2, 0.25) is 11.6 Å². The first-order chi connectivity index (χ1) is 10.7. The van der Waals surface area contributed by atoms with E-state index < -0.39 is 5.76 Å². The number of anilines is 1. The Bertz CT molecular complexity index is 824. The van der Waals surface area contributed by atoms with E-state index in [-0.39, 0.29) is 42.0 Å². The summed E-state index contributed by atoms with van der Waals surface area (Å²) >= 11 is 3.27. The third-order valence-corrected chi connectivity index (χ3v) is 3.17. The summed E-state index contributed by atoms with van der Waals surface area (Å²) < 4.78 is 16.7. The number of hydrogen-bond donors (Lipinski definition) is 2. The van der Waals surface area contributed by atoms with Crippen LogP contribution in [0.25, 0.3) is 11.5 Å². The van der Waals surface area contributed by atoms with Crippen LogP contribution in [0.4, 0.5) is 5.82 Å². The van der Waals surface area contributed by atoms with Gasteiger partial charge in [-0.2, -0.15) is 0 Å². The van der Waals surface area contributed by atoms with Gasteiger partial charge in [0.1, 0.15) is 12.0 Å². The summed E-state index contributed by atoms with van der Waals surface area (Å²) in [6.45, 7) is 0.999. The quantitative estimate of drug-likeness (QED) is 0.481. The molecule has 0 aliphatic carbocycles. The number of nitrogens with zero attached hydrogens (tertiary/aromatic N) is 4. The van der Waals surface area contributed by atoms with Gasteiger partial charge in [0, 0.05) is 13.1 Å². The summed E-state index contributed by atoms with van der Waals surface area (Å²) in [7, 11) is 0. The van der Waals surface area contributed by atoms with E-state index >= 15 is 0 Å². The average Bonchev–Trinajstić information content (AvgIpc) is 3.20. The third kappa shape index (κ3) is 3.81. The molecule has 12 heteroatoms. The van der Waals surface area contributed by atoms with Crippen molar-refractivity contribution < 1.29 is 13.6 Å². The zero-order valence-corrected chi connectivity index (χ0v) is 15.5. The minimum absolute atomic E-state index is 0. The molecule has 0 fully saturated rings. The maximum atomic E-state index is 11.8. The molecule has 0 atom stereocenters. The molecule has 3 aromatic heterocycles. The monoisotopic (exact) mass is 498 g/mol. The van der Waals surface area contributed by atoms with E-state index in [1.807, 2.05) is 0 Å². The summed E-state index contributed by atoms with van der Waals surface area (Å²) in [5, 5.41) is 14.1. The SMILES string of the molecule is I.NCCNc1nonc1-c1noc(=O)n1Cc1cc(Br)co1. The summed E-state index contributed by atoms with van der Waals surface area (Å²) in [5.74, 6) is 0.410. The molecule has 0 saturated heterocycles. The van der Waals surface area contributed by atoms with Crippen LogP contribution in [0, 0.1) is 0 Å². The van der Waals surface area contributed by atoms with Crippen molar-refractivity contribution in [1.29, 1.82) is 0 Å². The average molecular weight is 499 g/mol. The molecule has 124 valence electrons. The smallest absolute Gasteiger partial charge is 0.442 e. The fraction of sp³-hybridized carbons (Fsp3) is 0.273. The van der Waals surface area contributed by atoms with E-state index in [9.17, 15) is 4.79 Å². The Hall–Kier alpha value is -1.67. The van der Waals surface area contributed by atoms with Crippen LogP contribution >= 0.6 is 39.9 Å². The third-order valence-electron chi connectivity index (χ3n) is 2.76. The molecule has 3 heterocycles. The minimum atomic E-state index is -0.643. The molecule has 0 saturated carbocycles. The molecule has 0 bridgehead atoms. The molecule has 0 spiro atoms. The van der Waals surface area contributed by atoms with Gasteiger partial charge >= 0.3 is 5.76 Å². The van der Waals surface area contributed by atoms with Crippen LogP contribution in [0.1, 0.15) is 5.76 Å². The van der Waals surface area contributed by atoms with Gasteiger partial charge in [-0.3, -0.25) is 4.52 Å². The lowest BCUT2D eigenvalue weighted by atomic mass is 10.3. The van der Waals surface area contributed by atoms with Crippen LogP contribution in [0.15, 0.2) is 35.2 Å². The van der Waals surface area contributed by atoms with E-state index in [1.54, 1.807) is 6.07 Å². The van der Waals surface area contributed by atoms with Crippen LogP contribution in [0.2, 0.25) is 0 Å². The number of halogens is 2. The standard InChI is InChI=1S/C11H11BrN6O4.HI/c12-6-3-7(20-5-6)4-18-10(17-21-11(18)19)8-9(14-2-1-13)16-22-15-8;/h3,5H,1-2,4,13H2,(H,14,16);1H. The fourth-order valence-electron chi connectivity index (χ4n) is 1.81. The normalized spacial score (nSPS) is 10.5. The van der Waals surface area contributed by atoms with Crippen molar-refractivity contribution in [3.63, 3.8) is 0 Å². The highest BCUT2D eigenvalue weighted by atomic mass is 127. The zero-order chi connectivity index (χ0) is 15.5. The lowest BCUT2D eigenvalue weighted by Crippen LogP contribution is -2.17. The van der Waals surface area contributed by atoms with Crippen molar-refractivity contribution in [2.24, 2.45) is 5.73 Å². The van der Waals surface area contributed by atoms with Crippen molar-refractivity contribution in [3.8, 4) is 11.5 Å². The molecular formula is C11H12BrIN6O4. The second kappa shape index (κ2) is 7.74. The Balaban J connectivity index is 0.00000192. The van der Waals surface area contributed by atoms with Crippen LogP contribution in [0.5, 0.6) is 0 Å². The second-order valence-electron chi connectivity index (χ2n) is 4.27. The van der Waals surface area contributed by atoms with Crippen molar-refractivity contribution in [2.45, 2.75) is 6.54 Å². The highest BCUT2D eigenvalue weighted by Crippen LogP contribution is 2.23. The predicted octanol–water partition coefficient (Wildman–Crippen LogP) is 1.28. The first kappa shape index (κ1) is 17.7. The summed E-state index contributed by atoms with van der Waals surface area (Å²) in [4.78, 5) is 11.8. The molecule has 10 nitrogen and oxygen atoms in total. The van der Waals surface area contributed by atoms with E-state index in [0.717, 1.165) is 4.47 Å². The Labute approximate surface area is 154 Å². The summed E-state index contributed by atoms with van der Waals surface area (Å²) in [6, 6.07) is 1.73. The largest absolute Gasteiger partial charge is 0.466 e. The molecule has 0 aliphatic rings. The van der Waals surface area contributed by atoms with Gasteiger partial charge < -0.3 is 15.5 Å². The van der Waals surface area contributed by atoms with Gasteiger partial charge in [-0.15, -0.1) is 24.0 Å². The van der Waals surface area contributed by atoms with E-state index in [2.05, 4.69) is 41.3 Å². The Morgan fingerprint density at radius 2 is 2.17 bits per heavy atom. The van der Waals surface area contributed by atoms with Crippen LogP contribution in [-0.4, -0.2) is 33.1 Å². The van der Waals surface area contributed by atoms with E-state index in [1.165, 1.54) is 10.8 Å².